The number of nitrogens with zero attached hydrogens (tertiary/aromatic N) is 2. The van der Waals surface area contributed by atoms with Gasteiger partial charge in [-0.2, -0.15) is 0 Å². The zero-order valence-electron chi connectivity index (χ0n) is 17.1. The molecule has 4 rings (SSSR count). The second-order valence-corrected chi connectivity index (χ2v) is 8.51. The van der Waals surface area contributed by atoms with Gasteiger partial charge in [0.1, 0.15) is 5.75 Å². The average molecular weight is 441 g/mol. The first kappa shape index (κ1) is 21.2. The van der Waals surface area contributed by atoms with Gasteiger partial charge in [0.05, 0.1) is 13.3 Å². The van der Waals surface area contributed by atoms with Crippen molar-refractivity contribution in [2.24, 2.45) is 0 Å². The maximum absolute atomic E-state index is 6.67. The monoisotopic (exact) mass is 440 g/mol. The van der Waals surface area contributed by atoms with E-state index >= 15 is 0 Å². The third kappa shape index (κ3) is 4.98. The number of hydrogen-bond acceptors (Lipinski definition) is 3. The van der Waals surface area contributed by atoms with Crippen LogP contribution in [0.25, 0.3) is 0 Å². The zero-order valence-corrected chi connectivity index (χ0v) is 18.6. The van der Waals surface area contributed by atoms with E-state index in [1.165, 1.54) is 11.1 Å². The van der Waals surface area contributed by atoms with E-state index in [0.717, 1.165) is 54.0 Å². The highest BCUT2D eigenvalue weighted by Gasteiger charge is 2.32. The number of rotatable bonds is 6. The fourth-order valence-electron chi connectivity index (χ4n) is 4.19. The van der Waals surface area contributed by atoms with Crippen LogP contribution in [0, 0.1) is 0 Å². The van der Waals surface area contributed by atoms with Crippen LogP contribution in [-0.4, -0.2) is 30.0 Å². The van der Waals surface area contributed by atoms with Gasteiger partial charge in [0, 0.05) is 41.8 Å². The fraction of sp³-hybridized carbons (Fsp3) is 0.280. The van der Waals surface area contributed by atoms with Gasteiger partial charge in [0.15, 0.2) is 0 Å². The first-order valence-electron chi connectivity index (χ1n) is 10.2. The Hall–Kier alpha value is -2.04. The summed E-state index contributed by atoms with van der Waals surface area (Å²) in [5, 5.41) is 1.57. The van der Waals surface area contributed by atoms with Crippen LogP contribution in [0.4, 0.5) is 0 Å². The molecule has 3 nitrogen and oxygen atoms in total. The topological polar surface area (TPSA) is 15.7 Å². The third-order valence-electron chi connectivity index (χ3n) is 5.58. The molecule has 3 aromatic carbocycles. The molecule has 0 radical (unpaired) electrons. The number of hydrogen-bond donors (Lipinski definition) is 0. The lowest BCUT2D eigenvalue weighted by atomic mass is 10.0. The van der Waals surface area contributed by atoms with Crippen LogP contribution >= 0.6 is 23.2 Å². The van der Waals surface area contributed by atoms with Crippen molar-refractivity contribution >= 4 is 23.2 Å². The molecule has 3 aromatic rings. The molecule has 1 aliphatic rings. The lowest BCUT2D eigenvalue weighted by molar-refractivity contribution is -0.00905. The molecule has 1 atom stereocenters. The molecule has 1 heterocycles. The van der Waals surface area contributed by atoms with Crippen molar-refractivity contribution in [2.75, 3.05) is 20.2 Å². The Morgan fingerprint density at radius 1 is 0.833 bits per heavy atom. The van der Waals surface area contributed by atoms with Crippen molar-refractivity contribution in [1.82, 2.24) is 9.80 Å². The van der Waals surface area contributed by atoms with Crippen molar-refractivity contribution in [3.63, 3.8) is 0 Å². The summed E-state index contributed by atoms with van der Waals surface area (Å²) in [6.07, 6.45) is 1.22. The Morgan fingerprint density at radius 3 is 2.23 bits per heavy atom. The molecule has 30 heavy (non-hydrogen) atoms. The summed E-state index contributed by atoms with van der Waals surface area (Å²) in [5.74, 6) is 0.886. The minimum Gasteiger partial charge on any atom is -0.497 e. The van der Waals surface area contributed by atoms with E-state index < -0.39 is 0 Å². The van der Waals surface area contributed by atoms with Crippen molar-refractivity contribution < 1.29 is 4.74 Å². The highest BCUT2D eigenvalue weighted by Crippen LogP contribution is 2.35. The quantitative estimate of drug-likeness (QED) is 0.440. The second-order valence-electron chi connectivity index (χ2n) is 7.67. The summed E-state index contributed by atoms with van der Waals surface area (Å²) < 4.78 is 5.42. The van der Waals surface area contributed by atoms with Gasteiger partial charge >= 0.3 is 0 Å². The summed E-state index contributed by atoms with van der Waals surface area (Å²) in [4.78, 5) is 5.02. The molecule has 1 aliphatic heterocycles. The molecule has 0 amide bonds. The molecule has 0 aliphatic carbocycles. The summed E-state index contributed by atoms with van der Waals surface area (Å²) in [7, 11) is 1.71. The highest BCUT2D eigenvalue weighted by molar-refractivity contribution is 6.31. The molecule has 0 aromatic heterocycles. The summed E-state index contributed by atoms with van der Waals surface area (Å²) in [5.41, 5.74) is 3.63. The van der Waals surface area contributed by atoms with Gasteiger partial charge in [-0.15, -0.1) is 0 Å². The molecular formula is C25H26Cl2N2O. The van der Waals surface area contributed by atoms with Crippen LogP contribution in [0.2, 0.25) is 10.0 Å². The average Bonchev–Trinajstić information content (AvgIpc) is 2.76. The summed E-state index contributed by atoms with van der Waals surface area (Å²) in [6.45, 7) is 3.73. The lowest BCUT2D eigenvalue weighted by Crippen LogP contribution is -2.47. The van der Waals surface area contributed by atoms with E-state index in [1.807, 2.05) is 36.4 Å². The van der Waals surface area contributed by atoms with Crippen LogP contribution in [0.3, 0.4) is 0 Å². The molecular weight excluding hydrogens is 415 g/mol. The van der Waals surface area contributed by atoms with E-state index in [0.29, 0.717) is 0 Å². The highest BCUT2D eigenvalue weighted by atomic mass is 35.5. The van der Waals surface area contributed by atoms with Gasteiger partial charge in [0.2, 0.25) is 0 Å². The van der Waals surface area contributed by atoms with Crippen LogP contribution in [0.5, 0.6) is 5.75 Å². The van der Waals surface area contributed by atoms with Gasteiger partial charge in [0.25, 0.3) is 0 Å². The van der Waals surface area contributed by atoms with Gasteiger partial charge in [-0.25, -0.2) is 0 Å². The minimum atomic E-state index is 0.106. The Morgan fingerprint density at radius 2 is 1.53 bits per heavy atom. The van der Waals surface area contributed by atoms with Crippen molar-refractivity contribution in [3.05, 3.63) is 99.5 Å². The van der Waals surface area contributed by atoms with E-state index in [-0.39, 0.29) is 6.17 Å². The number of halogens is 2. The Kier molecular flexibility index (Phi) is 6.96. The van der Waals surface area contributed by atoms with Gasteiger partial charge < -0.3 is 4.74 Å². The van der Waals surface area contributed by atoms with Gasteiger partial charge in [-0.05, 0) is 47.9 Å². The molecule has 0 saturated carbocycles. The Balaban J connectivity index is 1.65. The molecule has 0 bridgehead atoms. The van der Waals surface area contributed by atoms with Crippen LogP contribution in [-0.2, 0) is 13.1 Å². The van der Waals surface area contributed by atoms with Gasteiger partial charge in [-0.3, -0.25) is 9.80 Å². The first-order chi connectivity index (χ1) is 14.6. The molecule has 156 valence electrons. The van der Waals surface area contributed by atoms with E-state index in [1.54, 1.807) is 7.11 Å². The first-order valence-corrected chi connectivity index (χ1v) is 11.0. The van der Waals surface area contributed by atoms with E-state index in [4.69, 9.17) is 27.9 Å². The largest absolute Gasteiger partial charge is 0.497 e. The minimum absolute atomic E-state index is 0.106. The number of methoxy groups -OCH3 is 1. The zero-order chi connectivity index (χ0) is 20.9. The fourth-order valence-corrected chi connectivity index (χ4v) is 4.55. The maximum Gasteiger partial charge on any atom is 0.119 e. The van der Waals surface area contributed by atoms with Crippen LogP contribution in [0.1, 0.15) is 29.3 Å². The molecule has 1 saturated heterocycles. The maximum atomic E-state index is 6.67. The van der Waals surface area contributed by atoms with Crippen molar-refractivity contribution in [2.45, 2.75) is 25.7 Å². The SMILES string of the molecule is COc1cccc(CN2CCCN(Cc3ccc(Cl)cc3)C2c2ccccc2Cl)c1. The molecule has 1 fully saturated rings. The summed E-state index contributed by atoms with van der Waals surface area (Å²) >= 11 is 12.8. The molecule has 5 heteroatoms. The number of benzene rings is 3. The van der Waals surface area contributed by atoms with Crippen LogP contribution in [0.15, 0.2) is 72.8 Å². The van der Waals surface area contributed by atoms with E-state index in [9.17, 15) is 0 Å². The predicted octanol–water partition coefficient (Wildman–Crippen LogP) is 6.41. The third-order valence-corrected chi connectivity index (χ3v) is 6.18. The standard InChI is InChI=1S/C25H26Cl2N2O/c1-30-22-7-4-6-20(16-22)18-29-15-5-14-28(17-19-10-12-21(26)13-11-19)25(29)23-8-2-3-9-24(23)27/h2-4,6-13,16,25H,5,14-15,17-18H2,1H3. The molecule has 0 N–H and O–H groups in total. The molecule has 1 unspecified atom stereocenters. The van der Waals surface area contributed by atoms with E-state index in [2.05, 4.69) is 46.2 Å². The van der Waals surface area contributed by atoms with Gasteiger partial charge in [-0.1, -0.05) is 65.7 Å². The normalized spacial score (nSPS) is 17.8. The summed E-state index contributed by atoms with van der Waals surface area (Å²) in [6, 6.07) is 24.6. The second kappa shape index (κ2) is 9.84. The lowest BCUT2D eigenvalue weighted by Gasteiger charge is -2.44. The predicted molar refractivity (Wildman–Crippen MR) is 124 cm³/mol. The van der Waals surface area contributed by atoms with Crippen molar-refractivity contribution in [3.8, 4) is 5.75 Å². The smallest absolute Gasteiger partial charge is 0.119 e. The molecule has 0 spiro atoms. The Labute approximate surface area is 188 Å². The Bertz CT molecular complexity index is 977. The van der Waals surface area contributed by atoms with Crippen LogP contribution < -0.4 is 4.74 Å². The van der Waals surface area contributed by atoms with Crippen molar-refractivity contribution in [1.29, 1.82) is 0 Å². The number of ether oxygens (including phenoxy) is 1.